The van der Waals surface area contributed by atoms with Crippen molar-refractivity contribution in [3.8, 4) is 0 Å². The van der Waals surface area contributed by atoms with Crippen LogP contribution in [0.1, 0.15) is 18.2 Å². The van der Waals surface area contributed by atoms with E-state index >= 15 is 0 Å². The van der Waals surface area contributed by atoms with Gasteiger partial charge in [-0.15, -0.1) is 0 Å². The van der Waals surface area contributed by atoms with Gasteiger partial charge < -0.3 is 0 Å². The Morgan fingerprint density at radius 2 is 2.13 bits per heavy atom. The van der Waals surface area contributed by atoms with Gasteiger partial charge in [-0.05, 0) is 40.9 Å². The van der Waals surface area contributed by atoms with Gasteiger partial charge in [-0.1, -0.05) is 30.7 Å². The van der Waals surface area contributed by atoms with E-state index in [9.17, 15) is 0 Å². The monoisotopic (exact) mass is 283 g/mol. The van der Waals surface area contributed by atoms with Crippen molar-refractivity contribution in [2.24, 2.45) is 0 Å². The van der Waals surface area contributed by atoms with E-state index in [1.165, 1.54) is 0 Å². The van der Waals surface area contributed by atoms with Crippen molar-refractivity contribution in [3.05, 3.63) is 39.0 Å². The molecule has 0 fully saturated rings. The fraction of sp³-hybridized carbons (Fsp3) is 0.250. The van der Waals surface area contributed by atoms with Crippen molar-refractivity contribution >= 4 is 38.4 Å². The summed E-state index contributed by atoms with van der Waals surface area (Å²) < 4.78 is 0.993. The SMILES string of the molecule is CCc1c(C)nc2c(Br)cccc2c1Cl. The lowest BCUT2D eigenvalue weighted by Crippen LogP contribution is -1.94. The van der Waals surface area contributed by atoms with Crippen LogP contribution in [0, 0.1) is 6.92 Å². The van der Waals surface area contributed by atoms with E-state index in [2.05, 4.69) is 27.8 Å². The number of hydrogen-bond donors (Lipinski definition) is 0. The molecule has 78 valence electrons. The topological polar surface area (TPSA) is 12.9 Å². The summed E-state index contributed by atoms with van der Waals surface area (Å²) in [7, 11) is 0. The predicted octanol–water partition coefficient (Wildman–Crippen LogP) is 4.52. The quantitative estimate of drug-likeness (QED) is 0.750. The third-order valence-electron chi connectivity index (χ3n) is 2.56. The fourth-order valence-corrected chi connectivity index (χ4v) is 2.65. The molecule has 0 aliphatic carbocycles. The molecule has 0 amide bonds. The van der Waals surface area contributed by atoms with Crippen molar-refractivity contribution in [2.45, 2.75) is 20.3 Å². The van der Waals surface area contributed by atoms with Crippen LogP contribution >= 0.6 is 27.5 Å². The molecule has 0 aliphatic heterocycles. The van der Waals surface area contributed by atoms with Crippen molar-refractivity contribution in [1.82, 2.24) is 4.98 Å². The standard InChI is InChI=1S/C12H11BrClN/c1-3-8-7(2)15-12-9(11(8)14)5-4-6-10(12)13/h4-6H,3H2,1-2H3. The number of halogens is 2. The molecule has 0 unspecified atom stereocenters. The molecule has 1 heterocycles. The van der Waals surface area contributed by atoms with Crippen LogP contribution in [0.5, 0.6) is 0 Å². The molecule has 0 radical (unpaired) electrons. The van der Waals surface area contributed by atoms with Crippen LogP contribution in [0.3, 0.4) is 0 Å². The van der Waals surface area contributed by atoms with Crippen molar-refractivity contribution in [3.63, 3.8) is 0 Å². The minimum atomic E-state index is 0.835. The highest BCUT2D eigenvalue weighted by Gasteiger charge is 2.10. The highest BCUT2D eigenvalue weighted by molar-refractivity contribution is 9.10. The molecule has 0 saturated heterocycles. The second-order valence-electron chi connectivity index (χ2n) is 3.48. The number of rotatable bonds is 1. The van der Waals surface area contributed by atoms with Gasteiger partial charge in [0.2, 0.25) is 0 Å². The molecule has 0 atom stereocenters. The summed E-state index contributed by atoms with van der Waals surface area (Å²) in [5.41, 5.74) is 3.10. The number of benzene rings is 1. The first-order valence-corrected chi connectivity index (χ1v) is 6.05. The fourth-order valence-electron chi connectivity index (χ4n) is 1.77. The largest absolute Gasteiger partial charge is 0.252 e. The molecule has 3 heteroatoms. The third-order valence-corrected chi connectivity index (χ3v) is 3.63. The van der Waals surface area contributed by atoms with Crippen LogP contribution in [-0.2, 0) is 6.42 Å². The molecule has 0 saturated carbocycles. The number of nitrogens with zero attached hydrogens (tertiary/aromatic N) is 1. The number of para-hydroxylation sites is 1. The maximum atomic E-state index is 6.36. The van der Waals surface area contributed by atoms with E-state index in [0.29, 0.717) is 0 Å². The lowest BCUT2D eigenvalue weighted by molar-refractivity contribution is 1.07. The Balaban J connectivity index is 2.91. The second-order valence-corrected chi connectivity index (χ2v) is 4.71. The summed E-state index contributed by atoms with van der Waals surface area (Å²) in [6.45, 7) is 4.10. The summed E-state index contributed by atoms with van der Waals surface area (Å²) in [5.74, 6) is 0. The molecule has 1 nitrogen and oxygen atoms in total. The van der Waals surface area contributed by atoms with Crippen molar-refractivity contribution < 1.29 is 0 Å². The normalized spacial score (nSPS) is 10.9. The lowest BCUT2D eigenvalue weighted by Gasteiger charge is -2.09. The molecule has 0 bridgehead atoms. The number of fused-ring (bicyclic) bond motifs is 1. The van der Waals surface area contributed by atoms with E-state index in [1.807, 2.05) is 25.1 Å². The maximum Gasteiger partial charge on any atom is 0.0862 e. The highest BCUT2D eigenvalue weighted by atomic mass is 79.9. The molecule has 1 aromatic carbocycles. The Hall–Kier alpha value is -0.600. The third kappa shape index (κ3) is 1.77. The van der Waals surface area contributed by atoms with Crippen molar-refractivity contribution in [2.75, 3.05) is 0 Å². The highest BCUT2D eigenvalue weighted by Crippen LogP contribution is 2.31. The van der Waals surface area contributed by atoms with E-state index in [4.69, 9.17) is 11.6 Å². The van der Waals surface area contributed by atoms with Gasteiger partial charge in [-0.3, -0.25) is 4.98 Å². The van der Waals surface area contributed by atoms with E-state index in [0.717, 1.165) is 38.1 Å². The van der Waals surface area contributed by atoms with E-state index in [1.54, 1.807) is 0 Å². The zero-order valence-electron chi connectivity index (χ0n) is 8.64. The van der Waals surface area contributed by atoms with Gasteiger partial charge in [-0.25, -0.2) is 0 Å². The van der Waals surface area contributed by atoms with Crippen molar-refractivity contribution in [1.29, 1.82) is 0 Å². The first-order chi connectivity index (χ1) is 7.15. The van der Waals surface area contributed by atoms with Crippen LogP contribution in [0.15, 0.2) is 22.7 Å². The van der Waals surface area contributed by atoms with Crippen LogP contribution in [0.2, 0.25) is 5.02 Å². The average molecular weight is 285 g/mol. The minimum absolute atomic E-state index is 0.835. The number of hydrogen-bond acceptors (Lipinski definition) is 1. The summed E-state index contributed by atoms with van der Waals surface area (Å²) in [5, 5.41) is 1.86. The summed E-state index contributed by atoms with van der Waals surface area (Å²) in [6, 6.07) is 5.97. The maximum absolute atomic E-state index is 6.36. The van der Waals surface area contributed by atoms with Gasteiger partial charge in [0, 0.05) is 15.6 Å². The molecule has 2 rings (SSSR count). The first-order valence-electron chi connectivity index (χ1n) is 4.88. The zero-order valence-corrected chi connectivity index (χ0v) is 11.0. The zero-order chi connectivity index (χ0) is 11.0. The Morgan fingerprint density at radius 3 is 2.80 bits per heavy atom. The molecule has 15 heavy (non-hydrogen) atoms. The summed E-state index contributed by atoms with van der Waals surface area (Å²) in [6.07, 6.45) is 0.917. The van der Waals surface area contributed by atoms with Gasteiger partial charge in [0.1, 0.15) is 0 Å². The number of aryl methyl sites for hydroxylation is 1. The first kappa shape index (κ1) is 10.9. The van der Waals surface area contributed by atoms with E-state index < -0.39 is 0 Å². The van der Waals surface area contributed by atoms with Gasteiger partial charge in [0.25, 0.3) is 0 Å². The average Bonchev–Trinajstić information content (AvgIpc) is 2.20. The van der Waals surface area contributed by atoms with Gasteiger partial charge >= 0.3 is 0 Å². The summed E-state index contributed by atoms with van der Waals surface area (Å²) >= 11 is 9.85. The molecular formula is C12H11BrClN. The van der Waals surface area contributed by atoms with Crippen LogP contribution < -0.4 is 0 Å². The molecular weight excluding hydrogens is 273 g/mol. The Bertz CT molecular complexity index is 523. The van der Waals surface area contributed by atoms with Gasteiger partial charge in [0.05, 0.1) is 10.5 Å². The van der Waals surface area contributed by atoms with Gasteiger partial charge in [0.15, 0.2) is 0 Å². The molecule has 0 aliphatic rings. The van der Waals surface area contributed by atoms with E-state index in [-0.39, 0.29) is 0 Å². The Labute approximate surface area is 103 Å². The summed E-state index contributed by atoms with van der Waals surface area (Å²) in [4.78, 5) is 4.58. The molecule has 1 aromatic heterocycles. The molecule has 0 N–H and O–H groups in total. The Kier molecular flexibility index (Phi) is 2.98. The van der Waals surface area contributed by atoms with Crippen LogP contribution in [-0.4, -0.2) is 4.98 Å². The molecule has 0 spiro atoms. The minimum Gasteiger partial charge on any atom is -0.252 e. The van der Waals surface area contributed by atoms with Crippen LogP contribution in [0.25, 0.3) is 10.9 Å². The predicted molar refractivity (Wildman–Crippen MR) is 68.6 cm³/mol. The number of pyridine rings is 1. The van der Waals surface area contributed by atoms with Gasteiger partial charge in [-0.2, -0.15) is 0 Å². The Morgan fingerprint density at radius 1 is 1.40 bits per heavy atom. The number of aromatic nitrogens is 1. The molecule has 2 aromatic rings. The smallest absolute Gasteiger partial charge is 0.0862 e. The van der Waals surface area contributed by atoms with Crippen LogP contribution in [0.4, 0.5) is 0 Å². The second kappa shape index (κ2) is 4.11. The lowest BCUT2D eigenvalue weighted by atomic mass is 10.1.